The molecule has 0 bridgehead atoms. The fraction of sp³-hybridized carbons (Fsp3) is 0.400. The van der Waals surface area contributed by atoms with Crippen molar-refractivity contribution in [3.8, 4) is 0 Å². The minimum absolute atomic E-state index is 0.00377. The molecule has 0 fully saturated rings. The third-order valence-electron chi connectivity index (χ3n) is 2.22. The molecule has 14 heavy (non-hydrogen) atoms. The second kappa shape index (κ2) is 4.69. The van der Waals surface area contributed by atoms with Crippen molar-refractivity contribution in [2.75, 3.05) is 0 Å². The van der Waals surface area contributed by atoms with E-state index < -0.39 is 5.82 Å². The molecule has 2 atom stereocenters. The van der Waals surface area contributed by atoms with Crippen LogP contribution in [0.2, 0.25) is 10.0 Å². The maximum absolute atomic E-state index is 13.1. The van der Waals surface area contributed by atoms with Crippen LogP contribution >= 0.6 is 34.8 Å². The first-order valence-corrected chi connectivity index (χ1v) is 5.41. The van der Waals surface area contributed by atoms with E-state index in [0.717, 1.165) is 0 Å². The molecule has 0 radical (unpaired) electrons. The molecule has 0 nitrogen and oxygen atoms in total. The second-order valence-electron chi connectivity index (χ2n) is 3.25. The van der Waals surface area contributed by atoms with E-state index >= 15 is 0 Å². The molecule has 2 unspecified atom stereocenters. The number of halogens is 4. The highest BCUT2D eigenvalue weighted by Gasteiger charge is 2.17. The number of hydrogen-bond donors (Lipinski definition) is 0. The van der Waals surface area contributed by atoms with Crippen LogP contribution in [0.3, 0.4) is 0 Å². The zero-order chi connectivity index (χ0) is 10.9. The summed E-state index contributed by atoms with van der Waals surface area (Å²) in [5, 5.41) is 0.387. The van der Waals surface area contributed by atoms with Gasteiger partial charge in [0.05, 0.1) is 5.02 Å². The SMILES string of the molecule is CC(Cl)C(C)c1cc(F)c(Cl)cc1Cl. The van der Waals surface area contributed by atoms with Gasteiger partial charge in [-0.05, 0) is 30.5 Å². The maximum atomic E-state index is 13.1. The summed E-state index contributed by atoms with van der Waals surface area (Å²) in [5.41, 5.74) is 0.691. The van der Waals surface area contributed by atoms with Gasteiger partial charge in [0.1, 0.15) is 5.82 Å². The van der Waals surface area contributed by atoms with Crippen LogP contribution in [-0.2, 0) is 0 Å². The highest BCUT2D eigenvalue weighted by atomic mass is 35.5. The molecule has 0 aliphatic heterocycles. The Kier molecular flexibility index (Phi) is 4.05. The van der Waals surface area contributed by atoms with E-state index in [1.807, 2.05) is 13.8 Å². The lowest BCUT2D eigenvalue weighted by atomic mass is 9.98. The molecule has 0 saturated heterocycles. The summed E-state index contributed by atoms with van der Waals surface area (Å²) >= 11 is 17.4. The smallest absolute Gasteiger partial charge is 0.142 e. The predicted octanol–water partition coefficient (Wildman–Crippen LogP) is 4.86. The van der Waals surface area contributed by atoms with E-state index in [4.69, 9.17) is 34.8 Å². The van der Waals surface area contributed by atoms with Crippen molar-refractivity contribution in [1.29, 1.82) is 0 Å². The topological polar surface area (TPSA) is 0 Å². The van der Waals surface area contributed by atoms with Gasteiger partial charge in [-0.25, -0.2) is 4.39 Å². The van der Waals surface area contributed by atoms with Gasteiger partial charge in [0, 0.05) is 10.4 Å². The highest BCUT2D eigenvalue weighted by molar-refractivity contribution is 6.35. The van der Waals surface area contributed by atoms with Gasteiger partial charge in [0.25, 0.3) is 0 Å². The summed E-state index contributed by atoms with van der Waals surface area (Å²) in [4.78, 5) is 0. The standard InChI is InChI=1S/C10H10Cl3F/c1-5(6(2)11)7-3-10(14)9(13)4-8(7)12/h3-6H,1-2H3. The summed E-state index contributed by atoms with van der Waals surface area (Å²) < 4.78 is 13.1. The van der Waals surface area contributed by atoms with E-state index in [2.05, 4.69) is 0 Å². The lowest BCUT2D eigenvalue weighted by Crippen LogP contribution is -2.06. The third-order valence-corrected chi connectivity index (χ3v) is 3.21. The quantitative estimate of drug-likeness (QED) is 0.523. The minimum atomic E-state index is -0.463. The van der Waals surface area contributed by atoms with Crippen molar-refractivity contribution in [2.24, 2.45) is 0 Å². The van der Waals surface area contributed by atoms with Crippen LogP contribution in [-0.4, -0.2) is 5.38 Å². The van der Waals surface area contributed by atoms with E-state index in [9.17, 15) is 4.39 Å². The summed E-state index contributed by atoms with van der Waals surface area (Å²) in [6.45, 7) is 3.74. The molecule has 0 saturated carbocycles. The monoisotopic (exact) mass is 254 g/mol. The molecule has 1 aromatic carbocycles. The number of hydrogen-bond acceptors (Lipinski definition) is 0. The zero-order valence-electron chi connectivity index (χ0n) is 7.82. The normalized spacial score (nSPS) is 15.3. The largest absolute Gasteiger partial charge is 0.205 e. The average Bonchev–Trinajstić information content (AvgIpc) is 2.10. The molecule has 1 aromatic rings. The molecule has 0 aromatic heterocycles. The lowest BCUT2D eigenvalue weighted by Gasteiger charge is -2.16. The Hall–Kier alpha value is 0.0200. The lowest BCUT2D eigenvalue weighted by molar-refractivity contribution is 0.621. The maximum Gasteiger partial charge on any atom is 0.142 e. The molecule has 0 aliphatic rings. The fourth-order valence-electron chi connectivity index (χ4n) is 1.13. The van der Waals surface area contributed by atoms with Gasteiger partial charge in [0.2, 0.25) is 0 Å². The molecule has 0 spiro atoms. The van der Waals surface area contributed by atoms with Gasteiger partial charge in [0.15, 0.2) is 0 Å². The summed E-state index contributed by atoms with van der Waals surface area (Å²) in [5.74, 6) is -0.467. The Morgan fingerprint density at radius 3 is 2.21 bits per heavy atom. The molecule has 0 aliphatic carbocycles. The Bertz CT molecular complexity index is 336. The number of rotatable bonds is 2. The number of benzene rings is 1. The Labute approximate surface area is 98.0 Å². The zero-order valence-corrected chi connectivity index (χ0v) is 10.1. The van der Waals surface area contributed by atoms with Gasteiger partial charge in [-0.1, -0.05) is 30.1 Å². The van der Waals surface area contributed by atoms with E-state index in [-0.39, 0.29) is 16.3 Å². The van der Waals surface area contributed by atoms with Crippen molar-refractivity contribution < 1.29 is 4.39 Å². The molecule has 1 rings (SSSR count). The fourth-order valence-corrected chi connectivity index (χ4v) is 1.83. The van der Waals surface area contributed by atoms with Crippen molar-refractivity contribution in [2.45, 2.75) is 25.1 Å². The van der Waals surface area contributed by atoms with Crippen LogP contribution in [0.4, 0.5) is 4.39 Å². The van der Waals surface area contributed by atoms with Gasteiger partial charge in [-0.15, -0.1) is 11.6 Å². The van der Waals surface area contributed by atoms with Crippen molar-refractivity contribution in [3.05, 3.63) is 33.6 Å². The molecule has 0 amide bonds. The van der Waals surface area contributed by atoms with Crippen LogP contribution < -0.4 is 0 Å². The molecular formula is C10H10Cl3F. The van der Waals surface area contributed by atoms with E-state index in [0.29, 0.717) is 10.6 Å². The van der Waals surface area contributed by atoms with Gasteiger partial charge < -0.3 is 0 Å². The molecular weight excluding hydrogens is 245 g/mol. The van der Waals surface area contributed by atoms with Gasteiger partial charge in [-0.3, -0.25) is 0 Å². The number of alkyl halides is 1. The van der Waals surface area contributed by atoms with E-state index in [1.54, 1.807) is 0 Å². The predicted molar refractivity (Wildman–Crippen MR) is 60.2 cm³/mol. The third kappa shape index (κ3) is 2.53. The highest BCUT2D eigenvalue weighted by Crippen LogP contribution is 2.32. The molecule has 0 N–H and O–H groups in total. The van der Waals surface area contributed by atoms with Crippen LogP contribution in [0.5, 0.6) is 0 Å². The van der Waals surface area contributed by atoms with Crippen LogP contribution in [0.1, 0.15) is 25.3 Å². The van der Waals surface area contributed by atoms with Crippen molar-refractivity contribution in [3.63, 3.8) is 0 Å². The first-order valence-electron chi connectivity index (χ1n) is 4.22. The summed E-state index contributed by atoms with van der Waals surface area (Å²) in [7, 11) is 0. The second-order valence-corrected chi connectivity index (χ2v) is 4.76. The molecule has 0 heterocycles. The average molecular weight is 256 g/mol. The first kappa shape index (κ1) is 12.1. The van der Waals surface area contributed by atoms with Crippen LogP contribution in [0.25, 0.3) is 0 Å². The van der Waals surface area contributed by atoms with E-state index in [1.165, 1.54) is 12.1 Å². The van der Waals surface area contributed by atoms with Crippen LogP contribution in [0.15, 0.2) is 12.1 Å². The first-order chi connectivity index (χ1) is 6.43. The Morgan fingerprint density at radius 1 is 1.14 bits per heavy atom. The molecule has 78 valence electrons. The summed E-state index contributed by atoms with van der Waals surface area (Å²) in [6.07, 6.45) is 0. The van der Waals surface area contributed by atoms with Crippen molar-refractivity contribution >= 4 is 34.8 Å². The van der Waals surface area contributed by atoms with Gasteiger partial charge >= 0.3 is 0 Å². The van der Waals surface area contributed by atoms with Crippen molar-refractivity contribution in [1.82, 2.24) is 0 Å². The Balaban J connectivity index is 3.15. The molecule has 4 heteroatoms. The van der Waals surface area contributed by atoms with Gasteiger partial charge in [-0.2, -0.15) is 0 Å². The summed E-state index contributed by atoms with van der Waals surface area (Å²) in [6, 6.07) is 2.75. The minimum Gasteiger partial charge on any atom is -0.205 e. The van der Waals surface area contributed by atoms with Crippen LogP contribution in [0, 0.1) is 5.82 Å². The Morgan fingerprint density at radius 2 is 1.71 bits per heavy atom.